The van der Waals surface area contributed by atoms with E-state index in [9.17, 15) is 8.42 Å². The minimum Gasteiger partial charge on any atom is -0.468 e. The number of hydrogen-bond acceptors (Lipinski definition) is 3. The molecule has 3 rings (SSSR count). The van der Waals surface area contributed by atoms with Crippen LogP contribution in [0.2, 0.25) is 0 Å². The van der Waals surface area contributed by atoms with Crippen LogP contribution in [0.5, 0.6) is 0 Å². The molecule has 0 saturated carbocycles. The second kappa shape index (κ2) is 5.31. The zero-order valence-electron chi connectivity index (χ0n) is 12.2. The van der Waals surface area contributed by atoms with Crippen LogP contribution < -0.4 is 0 Å². The average Bonchev–Trinajstić information content (AvgIpc) is 3.11. The molecule has 0 unspecified atom stereocenters. The fraction of sp³-hybridized carbons (Fsp3) is 0.375. The maximum atomic E-state index is 12.9. The molecule has 5 heteroatoms. The van der Waals surface area contributed by atoms with Gasteiger partial charge in [-0.1, -0.05) is 6.07 Å². The Morgan fingerprint density at radius 3 is 2.67 bits per heavy atom. The molecule has 0 bridgehead atoms. The van der Waals surface area contributed by atoms with Crippen LogP contribution in [0.1, 0.15) is 35.8 Å². The Bertz CT molecular complexity index is 735. The lowest BCUT2D eigenvalue weighted by molar-refractivity contribution is 0.340. The quantitative estimate of drug-likeness (QED) is 0.873. The van der Waals surface area contributed by atoms with Crippen molar-refractivity contribution in [3.05, 3.63) is 53.5 Å². The standard InChI is InChI=1S/C16H19NO3S/c1-12-7-8-14(11-13(12)2)21(18,19)17-9-3-5-15(17)16-6-4-10-20-16/h4,6-8,10-11,15H,3,5,9H2,1-2H3/t15-/m1/s1. The van der Waals surface area contributed by atoms with E-state index >= 15 is 0 Å². The molecule has 1 aromatic heterocycles. The summed E-state index contributed by atoms with van der Waals surface area (Å²) in [7, 11) is -3.48. The Hall–Kier alpha value is -1.59. The highest BCUT2D eigenvalue weighted by Crippen LogP contribution is 2.36. The van der Waals surface area contributed by atoms with Crippen molar-refractivity contribution in [2.24, 2.45) is 0 Å². The molecule has 1 atom stereocenters. The van der Waals surface area contributed by atoms with Gasteiger partial charge in [0.25, 0.3) is 0 Å². The lowest BCUT2D eigenvalue weighted by Gasteiger charge is -2.23. The summed E-state index contributed by atoms with van der Waals surface area (Å²) in [6.45, 7) is 4.45. The first-order chi connectivity index (χ1) is 10.00. The Balaban J connectivity index is 1.99. The molecule has 2 aromatic rings. The first-order valence-electron chi connectivity index (χ1n) is 7.12. The van der Waals surface area contributed by atoms with Crippen molar-refractivity contribution < 1.29 is 12.8 Å². The van der Waals surface area contributed by atoms with E-state index in [1.54, 1.807) is 28.8 Å². The summed E-state index contributed by atoms with van der Waals surface area (Å²) in [4.78, 5) is 0.365. The van der Waals surface area contributed by atoms with Gasteiger partial charge in [-0.2, -0.15) is 4.31 Å². The molecule has 1 aliphatic heterocycles. The number of rotatable bonds is 3. The molecule has 1 aromatic carbocycles. The molecular formula is C16H19NO3S. The Labute approximate surface area is 125 Å². The topological polar surface area (TPSA) is 50.5 Å². The van der Waals surface area contributed by atoms with Crippen molar-refractivity contribution in [3.63, 3.8) is 0 Å². The van der Waals surface area contributed by atoms with Crippen molar-refractivity contribution in [1.82, 2.24) is 4.31 Å². The van der Waals surface area contributed by atoms with Crippen LogP contribution in [0.4, 0.5) is 0 Å². The smallest absolute Gasteiger partial charge is 0.243 e. The van der Waals surface area contributed by atoms with Crippen LogP contribution in [0.25, 0.3) is 0 Å². The number of hydrogen-bond donors (Lipinski definition) is 0. The largest absolute Gasteiger partial charge is 0.468 e. The second-order valence-electron chi connectivity index (χ2n) is 5.54. The summed E-state index contributed by atoms with van der Waals surface area (Å²) < 4.78 is 32.8. The average molecular weight is 305 g/mol. The summed E-state index contributed by atoms with van der Waals surface area (Å²) in [6, 6.07) is 8.76. The van der Waals surface area contributed by atoms with Gasteiger partial charge in [0.2, 0.25) is 10.0 Å². The van der Waals surface area contributed by atoms with E-state index in [0.717, 1.165) is 29.7 Å². The number of sulfonamides is 1. The molecular weight excluding hydrogens is 286 g/mol. The molecule has 0 N–H and O–H groups in total. The van der Waals surface area contributed by atoms with E-state index in [1.165, 1.54) is 0 Å². The molecule has 0 aliphatic carbocycles. The normalized spacial score (nSPS) is 20.0. The third-order valence-electron chi connectivity index (χ3n) is 4.16. The van der Waals surface area contributed by atoms with Gasteiger partial charge < -0.3 is 4.42 Å². The number of nitrogens with zero attached hydrogens (tertiary/aromatic N) is 1. The van der Waals surface area contributed by atoms with Crippen LogP contribution in [0.15, 0.2) is 45.9 Å². The summed E-state index contributed by atoms with van der Waals surface area (Å²) in [6.07, 6.45) is 3.25. The lowest BCUT2D eigenvalue weighted by atomic mass is 10.1. The summed E-state index contributed by atoms with van der Waals surface area (Å²) in [5.41, 5.74) is 2.09. The van der Waals surface area contributed by atoms with Gasteiger partial charge in [0.05, 0.1) is 17.2 Å². The van der Waals surface area contributed by atoms with E-state index in [2.05, 4.69) is 0 Å². The van der Waals surface area contributed by atoms with E-state index < -0.39 is 10.0 Å². The van der Waals surface area contributed by atoms with Gasteiger partial charge in [-0.3, -0.25) is 0 Å². The highest BCUT2D eigenvalue weighted by Gasteiger charge is 2.37. The van der Waals surface area contributed by atoms with E-state index in [-0.39, 0.29) is 6.04 Å². The van der Waals surface area contributed by atoms with E-state index in [1.807, 2.05) is 26.0 Å². The SMILES string of the molecule is Cc1ccc(S(=O)(=O)N2CCC[C@@H]2c2ccco2)cc1C. The van der Waals surface area contributed by atoms with Gasteiger partial charge in [-0.25, -0.2) is 8.42 Å². The zero-order chi connectivity index (χ0) is 15.0. The molecule has 0 spiro atoms. The fourth-order valence-corrected chi connectivity index (χ4v) is 4.55. The minimum atomic E-state index is -3.48. The van der Waals surface area contributed by atoms with Crippen molar-refractivity contribution in [2.75, 3.05) is 6.54 Å². The van der Waals surface area contributed by atoms with E-state index in [4.69, 9.17) is 4.42 Å². The van der Waals surface area contributed by atoms with Crippen molar-refractivity contribution >= 4 is 10.0 Å². The molecule has 1 saturated heterocycles. The van der Waals surface area contributed by atoms with Crippen LogP contribution in [0.3, 0.4) is 0 Å². The second-order valence-corrected chi connectivity index (χ2v) is 7.43. The Morgan fingerprint density at radius 2 is 2.00 bits per heavy atom. The van der Waals surface area contributed by atoms with E-state index in [0.29, 0.717) is 11.4 Å². The molecule has 112 valence electrons. The molecule has 4 nitrogen and oxygen atoms in total. The first-order valence-corrected chi connectivity index (χ1v) is 8.56. The van der Waals surface area contributed by atoms with Crippen LogP contribution in [0, 0.1) is 13.8 Å². The third-order valence-corrected chi connectivity index (χ3v) is 6.06. The molecule has 0 radical (unpaired) electrons. The van der Waals surface area contributed by atoms with Crippen molar-refractivity contribution in [3.8, 4) is 0 Å². The lowest BCUT2D eigenvalue weighted by Crippen LogP contribution is -2.30. The van der Waals surface area contributed by atoms with Crippen LogP contribution >= 0.6 is 0 Å². The molecule has 1 aliphatic rings. The number of benzene rings is 1. The maximum Gasteiger partial charge on any atom is 0.243 e. The van der Waals surface area contributed by atoms with Crippen LogP contribution in [-0.2, 0) is 10.0 Å². The molecule has 2 heterocycles. The minimum absolute atomic E-state index is 0.188. The highest BCUT2D eigenvalue weighted by atomic mass is 32.2. The Kier molecular flexibility index (Phi) is 3.63. The van der Waals surface area contributed by atoms with Crippen molar-refractivity contribution in [2.45, 2.75) is 37.6 Å². The van der Waals surface area contributed by atoms with Gasteiger partial charge >= 0.3 is 0 Å². The number of furan rings is 1. The van der Waals surface area contributed by atoms with Gasteiger partial charge in [-0.05, 0) is 62.1 Å². The fourth-order valence-electron chi connectivity index (χ4n) is 2.80. The molecule has 1 fully saturated rings. The van der Waals surface area contributed by atoms with Gasteiger partial charge in [0, 0.05) is 6.54 Å². The van der Waals surface area contributed by atoms with Crippen LogP contribution in [-0.4, -0.2) is 19.3 Å². The third kappa shape index (κ3) is 2.51. The Morgan fingerprint density at radius 1 is 1.19 bits per heavy atom. The molecule has 21 heavy (non-hydrogen) atoms. The summed E-state index contributed by atoms with van der Waals surface area (Å²) in [5.74, 6) is 0.722. The monoisotopic (exact) mass is 305 g/mol. The summed E-state index contributed by atoms with van der Waals surface area (Å²) >= 11 is 0. The number of aryl methyl sites for hydroxylation is 2. The van der Waals surface area contributed by atoms with Gasteiger partial charge in [0.1, 0.15) is 5.76 Å². The maximum absolute atomic E-state index is 12.9. The predicted molar refractivity (Wildman–Crippen MR) is 80.5 cm³/mol. The first kappa shape index (κ1) is 14.4. The summed E-state index contributed by atoms with van der Waals surface area (Å²) in [5, 5.41) is 0. The zero-order valence-corrected chi connectivity index (χ0v) is 13.1. The predicted octanol–water partition coefficient (Wildman–Crippen LogP) is 3.42. The molecule has 0 amide bonds. The van der Waals surface area contributed by atoms with Gasteiger partial charge in [0.15, 0.2) is 0 Å². The van der Waals surface area contributed by atoms with Gasteiger partial charge in [-0.15, -0.1) is 0 Å². The van der Waals surface area contributed by atoms with Crippen molar-refractivity contribution in [1.29, 1.82) is 0 Å². The highest BCUT2D eigenvalue weighted by molar-refractivity contribution is 7.89.